The molecule has 0 aliphatic heterocycles. The van der Waals surface area contributed by atoms with E-state index < -0.39 is 6.29 Å². The summed E-state index contributed by atoms with van der Waals surface area (Å²) in [6.07, 6.45) is 10.3. The van der Waals surface area contributed by atoms with E-state index in [1.54, 1.807) is 12.7 Å². The Hall–Kier alpha value is -0.600. The topological polar surface area (TPSA) is 29.5 Å². The Balaban J connectivity index is 2.02. The zero-order chi connectivity index (χ0) is 13.6. The largest absolute Gasteiger partial charge is 0.364 e. The first-order valence-corrected chi connectivity index (χ1v) is 7.68. The van der Waals surface area contributed by atoms with Gasteiger partial charge in [0.25, 0.3) is 0 Å². The van der Waals surface area contributed by atoms with Gasteiger partial charge in [-0.25, -0.2) is 0 Å². The summed E-state index contributed by atoms with van der Waals surface area (Å²) in [5.74, 6) is 1.93. The van der Waals surface area contributed by atoms with Gasteiger partial charge in [0.2, 0.25) is 0 Å². The minimum absolute atomic E-state index is 0.182. The van der Waals surface area contributed by atoms with E-state index in [0.717, 1.165) is 17.9 Å². The molecule has 1 fully saturated rings. The molecular weight excluding hydrogens is 236 g/mol. The van der Waals surface area contributed by atoms with Crippen LogP contribution in [0.15, 0.2) is 23.3 Å². The zero-order valence-corrected chi connectivity index (χ0v) is 12.4. The highest BCUT2D eigenvalue weighted by atomic mass is 16.6. The molecule has 0 radical (unpaired) electrons. The van der Waals surface area contributed by atoms with Crippen LogP contribution < -0.4 is 0 Å². The Kier molecular flexibility index (Phi) is 3.34. The van der Waals surface area contributed by atoms with Crippen LogP contribution in [0.5, 0.6) is 0 Å². The van der Waals surface area contributed by atoms with Crippen LogP contribution in [0, 0.1) is 23.2 Å². The van der Waals surface area contributed by atoms with Gasteiger partial charge in [0, 0.05) is 7.11 Å². The van der Waals surface area contributed by atoms with Crippen LogP contribution in [0.1, 0.15) is 46.0 Å². The van der Waals surface area contributed by atoms with Crippen molar-refractivity contribution in [1.82, 2.24) is 0 Å². The van der Waals surface area contributed by atoms with Crippen LogP contribution in [0.2, 0.25) is 0 Å². The lowest BCUT2D eigenvalue weighted by Gasteiger charge is -2.37. The van der Waals surface area contributed by atoms with E-state index in [9.17, 15) is 5.11 Å². The molecule has 2 heteroatoms. The predicted octanol–water partition coefficient (Wildman–Crippen LogP) is 3.67. The summed E-state index contributed by atoms with van der Waals surface area (Å²) in [4.78, 5) is 0. The minimum atomic E-state index is -0.715. The first kappa shape index (κ1) is 13.4. The number of rotatable bonds is 2. The molecule has 4 atom stereocenters. The molecule has 0 heterocycles. The van der Waals surface area contributed by atoms with Crippen LogP contribution in [-0.2, 0) is 4.74 Å². The second-order valence-electron chi connectivity index (χ2n) is 6.93. The highest BCUT2D eigenvalue weighted by Gasteiger charge is 2.54. The van der Waals surface area contributed by atoms with Gasteiger partial charge in [-0.1, -0.05) is 31.6 Å². The fraction of sp³-hybridized carbons (Fsp3) is 0.765. The lowest BCUT2D eigenvalue weighted by molar-refractivity contribution is -0.0588. The van der Waals surface area contributed by atoms with Gasteiger partial charge in [-0.3, -0.25) is 0 Å². The van der Waals surface area contributed by atoms with Gasteiger partial charge >= 0.3 is 0 Å². The molecule has 1 N–H and O–H groups in total. The number of allylic oxidation sites excluding steroid dienone is 3. The first-order chi connectivity index (χ1) is 9.07. The maximum atomic E-state index is 10.2. The number of methoxy groups -OCH3 is 1. The monoisotopic (exact) mass is 262 g/mol. The molecule has 3 aliphatic rings. The van der Waals surface area contributed by atoms with E-state index >= 15 is 0 Å². The van der Waals surface area contributed by atoms with Crippen LogP contribution in [-0.4, -0.2) is 18.5 Å². The normalized spacial score (nSPS) is 38.0. The molecule has 0 amide bonds. The zero-order valence-electron chi connectivity index (χ0n) is 12.4. The van der Waals surface area contributed by atoms with Gasteiger partial charge in [0.1, 0.15) is 0 Å². The molecule has 2 nitrogen and oxygen atoms in total. The Morgan fingerprint density at radius 3 is 2.79 bits per heavy atom. The molecule has 1 saturated carbocycles. The first-order valence-electron chi connectivity index (χ1n) is 7.68. The maximum Gasteiger partial charge on any atom is 0.177 e. The van der Waals surface area contributed by atoms with Crippen molar-refractivity contribution in [3.8, 4) is 0 Å². The van der Waals surface area contributed by atoms with Crippen LogP contribution in [0.25, 0.3) is 0 Å². The van der Waals surface area contributed by atoms with E-state index in [0.29, 0.717) is 11.8 Å². The smallest absolute Gasteiger partial charge is 0.177 e. The van der Waals surface area contributed by atoms with E-state index in [4.69, 9.17) is 4.74 Å². The third-order valence-electron chi connectivity index (χ3n) is 5.70. The average molecular weight is 262 g/mol. The fourth-order valence-electron chi connectivity index (χ4n) is 5.03. The van der Waals surface area contributed by atoms with Gasteiger partial charge < -0.3 is 9.84 Å². The lowest BCUT2D eigenvalue weighted by Crippen LogP contribution is -2.33. The van der Waals surface area contributed by atoms with Crippen molar-refractivity contribution < 1.29 is 9.84 Å². The molecule has 0 aromatic rings. The summed E-state index contributed by atoms with van der Waals surface area (Å²) in [6.45, 7) is 4.73. The van der Waals surface area contributed by atoms with Crippen LogP contribution in [0.3, 0.4) is 0 Å². The van der Waals surface area contributed by atoms with Crippen LogP contribution in [0.4, 0.5) is 0 Å². The highest BCUT2D eigenvalue weighted by Crippen LogP contribution is 2.62. The molecule has 106 valence electrons. The average Bonchev–Trinajstić information content (AvgIpc) is 2.68. The maximum absolute atomic E-state index is 10.2. The number of aliphatic hydroxyl groups excluding tert-OH is 1. The van der Waals surface area contributed by atoms with E-state index in [1.807, 2.05) is 0 Å². The number of ether oxygens (including phenoxy) is 1. The summed E-state index contributed by atoms with van der Waals surface area (Å²) in [5.41, 5.74) is 2.98. The number of hydrogen-bond acceptors (Lipinski definition) is 2. The molecule has 0 aromatic carbocycles. The Morgan fingerprint density at radius 2 is 2.05 bits per heavy atom. The third-order valence-corrected chi connectivity index (χ3v) is 5.70. The van der Waals surface area contributed by atoms with Gasteiger partial charge in [0.05, 0.1) is 0 Å². The second kappa shape index (κ2) is 4.75. The number of aliphatic hydroxyl groups is 1. The van der Waals surface area contributed by atoms with E-state index in [2.05, 4.69) is 26.0 Å². The summed E-state index contributed by atoms with van der Waals surface area (Å²) in [5, 5.41) is 10.2. The van der Waals surface area contributed by atoms with Crippen molar-refractivity contribution in [1.29, 1.82) is 0 Å². The molecule has 3 rings (SSSR count). The summed E-state index contributed by atoms with van der Waals surface area (Å²) in [7, 11) is 1.60. The summed E-state index contributed by atoms with van der Waals surface area (Å²) >= 11 is 0. The Bertz CT molecular complexity index is 419. The minimum Gasteiger partial charge on any atom is -0.364 e. The SMILES string of the molecule is COC(O)C1=CCCC2C3CCCC=C3C(C)(C)[C@@H]12. The van der Waals surface area contributed by atoms with Crippen molar-refractivity contribution in [3.05, 3.63) is 23.3 Å². The summed E-state index contributed by atoms with van der Waals surface area (Å²) in [6, 6.07) is 0. The summed E-state index contributed by atoms with van der Waals surface area (Å²) < 4.78 is 5.21. The Morgan fingerprint density at radius 1 is 1.26 bits per heavy atom. The molecule has 0 bridgehead atoms. The molecule has 0 saturated heterocycles. The molecule has 0 aromatic heterocycles. The van der Waals surface area contributed by atoms with Gasteiger partial charge in [-0.05, 0) is 60.8 Å². The highest BCUT2D eigenvalue weighted by molar-refractivity contribution is 5.34. The third kappa shape index (κ3) is 1.92. The number of hydrogen-bond donors (Lipinski definition) is 1. The fourth-order valence-corrected chi connectivity index (χ4v) is 5.03. The van der Waals surface area contributed by atoms with Crippen molar-refractivity contribution in [2.24, 2.45) is 23.2 Å². The van der Waals surface area contributed by atoms with Gasteiger partial charge in [0.15, 0.2) is 6.29 Å². The van der Waals surface area contributed by atoms with E-state index in [-0.39, 0.29) is 5.41 Å². The molecular formula is C17H26O2. The molecule has 19 heavy (non-hydrogen) atoms. The number of fused-ring (bicyclic) bond motifs is 3. The molecule has 3 unspecified atom stereocenters. The van der Waals surface area contributed by atoms with Crippen molar-refractivity contribution in [3.63, 3.8) is 0 Å². The predicted molar refractivity (Wildman–Crippen MR) is 76.5 cm³/mol. The van der Waals surface area contributed by atoms with Crippen molar-refractivity contribution in [2.45, 2.75) is 52.2 Å². The van der Waals surface area contributed by atoms with Crippen molar-refractivity contribution >= 4 is 0 Å². The second-order valence-corrected chi connectivity index (χ2v) is 6.93. The van der Waals surface area contributed by atoms with Crippen molar-refractivity contribution in [2.75, 3.05) is 7.11 Å². The molecule has 0 spiro atoms. The van der Waals surface area contributed by atoms with E-state index in [1.165, 1.54) is 25.7 Å². The van der Waals surface area contributed by atoms with Gasteiger partial charge in [-0.2, -0.15) is 0 Å². The molecule has 3 aliphatic carbocycles. The lowest BCUT2D eigenvalue weighted by atomic mass is 9.69. The Labute approximate surface area is 116 Å². The quantitative estimate of drug-likeness (QED) is 0.608. The standard InChI is InChI=1S/C17H26O2/c1-17(2)14-10-5-4-7-11(14)12-8-6-9-13(15(12)17)16(18)19-3/h9-12,15-16,18H,4-8H2,1-3H3/t11?,12?,15-,16?/m1/s1. The van der Waals surface area contributed by atoms with Gasteiger partial charge in [-0.15, -0.1) is 0 Å². The van der Waals surface area contributed by atoms with Crippen LogP contribution >= 0.6 is 0 Å².